The first kappa shape index (κ1) is 24.0. The minimum Gasteiger partial charge on any atom is -0.394 e. The maximum Gasteiger partial charge on any atom is 0.387 e. The number of cyclic esters (lactones) is 2. The van der Waals surface area contributed by atoms with E-state index in [9.17, 15) is 23.1 Å². The summed E-state index contributed by atoms with van der Waals surface area (Å²) in [6, 6.07) is 13.4. The second-order valence-corrected chi connectivity index (χ2v) is 11.0. The van der Waals surface area contributed by atoms with Crippen molar-refractivity contribution in [2.24, 2.45) is 0 Å². The Labute approximate surface area is 207 Å². The fourth-order valence-electron chi connectivity index (χ4n) is 4.93. The zero-order valence-corrected chi connectivity index (χ0v) is 20.1. The van der Waals surface area contributed by atoms with Crippen LogP contribution >= 0.6 is 11.6 Å². The summed E-state index contributed by atoms with van der Waals surface area (Å²) >= 11 is 6.07. The number of hydrogen-bond donors (Lipinski definition) is 1. The van der Waals surface area contributed by atoms with E-state index in [0.29, 0.717) is 35.8 Å². The maximum atomic E-state index is 13.6. The van der Waals surface area contributed by atoms with Gasteiger partial charge >= 0.3 is 17.9 Å². The molecule has 1 N–H and O–H groups in total. The third kappa shape index (κ3) is 4.60. The number of carbonyl (C=O) groups is 2. The van der Waals surface area contributed by atoms with Crippen molar-refractivity contribution < 1.29 is 32.6 Å². The molecule has 1 unspecified atom stereocenters. The van der Waals surface area contributed by atoms with Gasteiger partial charge in [0.25, 0.3) is 0 Å². The van der Waals surface area contributed by atoms with E-state index in [-0.39, 0.29) is 12.6 Å². The van der Waals surface area contributed by atoms with E-state index in [0.717, 1.165) is 23.3 Å². The molecule has 2 aromatic carbocycles. The quantitative estimate of drug-likeness (QED) is 0.613. The second kappa shape index (κ2) is 9.03. The molecule has 9 nitrogen and oxygen atoms in total. The number of nitrogens with zero attached hydrogens (tertiary/aromatic N) is 2. The van der Waals surface area contributed by atoms with E-state index in [2.05, 4.69) is 0 Å². The molecule has 11 heteroatoms. The fraction of sp³-hybridized carbons (Fsp3) is 0.333. The molecule has 0 aliphatic carbocycles. The lowest BCUT2D eigenvalue weighted by molar-refractivity contribution is -0.325. The molecule has 0 amide bonds. The van der Waals surface area contributed by atoms with Crippen LogP contribution in [0, 0.1) is 0 Å². The van der Waals surface area contributed by atoms with Crippen molar-refractivity contribution in [2.45, 2.75) is 35.8 Å². The number of benzene rings is 2. The largest absolute Gasteiger partial charge is 0.394 e. The molecule has 0 bridgehead atoms. The van der Waals surface area contributed by atoms with Crippen molar-refractivity contribution in [1.29, 1.82) is 0 Å². The molecule has 3 aliphatic heterocycles. The minimum absolute atomic E-state index is 0.244. The standard InChI is InChI=1S/C24H23ClN2O7S/c25-17-7-5-16(6-8-17)23-19-3-1-2-4-20(19)35(31,32)27(23)18-11-13-26(14-12-18)15-24(30)33-21(28)9-10-22(29)34-24/h1-10,18,23,30H,11-15H2. The van der Waals surface area contributed by atoms with Crippen LogP contribution in [0.4, 0.5) is 0 Å². The Morgan fingerprint density at radius 2 is 1.57 bits per heavy atom. The lowest BCUT2D eigenvalue weighted by Gasteiger charge is -2.40. The zero-order chi connectivity index (χ0) is 24.8. The van der Waals surface area contributed by atoms with Crippen LogP contribution in [0.15, 0.2) is 65.6 Å². The molecule has 0 radical (unpaired) electrons. The Morgan fingerprint density at radius 1 is 0.971 bits per heavy atom. The number of likely N-dealkylation sites (tertiary alicyclic amines) is 1. The second-order valence-electron chi connectivity index (χ2n) is 8.72. The molecule has 0 saturated carbocycles. The third-order valence-corrected chi connectivity index (χ3v) is 8.67. The first-order valence-corrected chi connectivity index (χ1v) is 12.9. The van der Waals surface area contributed by atoms with Gasteiger partial charge in [-0.2, -0.15) is 4.31 Å². The van der Waals surface area contributed by atoms with Gasteiger partial charge in [-0.1, -0.05) is 41.9 Å². The van der Waals surface area contributed by atoms with Crippen LogP contribution in [0.1, 0.15) is 30.0 Å². The van der Waals surface area contributed by atoms with E-state index in [1.807, 2.05) is 24.3 Å². The number of sulfonamides is 1. The summed E-state index contributed by atoms with van der Waals surface area (Å²) in [6.45, 7) is 0.545. The van der Waals surface area contributed by atoms with Gasteiger partial charge in [-0.25, -0.2) is 18.0 Å². The summed E-state index contributed by atoms with van der Waals surface area (Å²) in [5.41, 5.74) is 1.54. The van der Waals surface area contributed by atoms with Crippen LogP contribution in [0.25, 0.3) is 0 Å². The number of β-amino-alcohol motifs (C(OH)–C–C–N with tert-alkyl or cyclic N) is 1. The van der Waals surface area contributed by atoms with E-state index in [4.69, 9.17) is 21.1 Å². The number of esters is 2. The first-order chi connectivity index (χ1) is 16.7. The highest BCUT2D eigenvalue weighted by Crippen LogP contribution is 2.46. The summed E-state index contributed by atoms with van der Waals surface area (Å²) in [5, 5.41) is 11.1. The molecule has 1 atom stereocenters. The van der Waals surface area contributed by atoms with E-state index in [1.54, 1.807) is 33.5 Å². The summed E-state index contributed by atoms with van der Waals surface area (Å²) in [6.07, 6.45) is 2.71. The Kier molecular flexibility index (Phi) is 6.18. The van der Waals surface area contributed by atoms with Crippen molar-refractivity contribution in [3.8, 4) is 0 Å². The van der Waals surface area contributed by atoms with E-state index >= 15 is 0 Å². The molecule has 35 heavy (non-hydrogen) atoms. The fourth-order valence-corrected chi connectivity index (χ4v) is 7.13. The van der Waals surface area contributed by atoms with Gasteiger partial charge in [-0.05, 0) is 42.2 Å². The van der Waals surface area contributed by atoms with Crippen molar-refractivity contribution in [1.82, 2.24) is 9.21 Å². The van der Waals surface area contributed by atoms with Gasteiger partial charge in [0.05, 0.1) is 10.9 Å². The van der Waals surface area contributed by atoms with Crippen molar-refractivity contribution in [2.75, 3.05) is 19.6 Å². The predicted molar refractivity (Wildman–Crippen MR) is 124 cm³/mol. The summed E-state index contributed by atoms with van der Waals surface area (Å²) in [4.78, 5) is 25.4. The van der Waals surface area contributed by atoms with E-state index in [1.165, 1.54) is 0 Å². The van der Waals surface area contributed by atoms with Crippen LogP contribution in [0.2, 0.25) is 5.02 Å². The van der Waals surface area contributed by atoms with Gasteiger partial charge in [0.15, 0.2) is 0 Å². The highest BCUT2D eigenvalue weighted by molar-refractivity contribution is 7.89. The summed E-state index contributed by atoms with van der Waals surface area (Å²) in [7, 11) is -3.74. The predicted octanol–water partition coefficient (Wildman–Crippen LogP) is 2.20. The number of aliphatic hydroxyl groups is 1. The average molecular weight is 519 g/mol. The number of fused-ring (bicyclic) bond motifs is 1. The number of hydrogen-bond acceptors (Lipinski definition) is 8. The summed E-state index contributed by atoms with van der Waals surface area (Å²) < 4.78 is 38.6. The smallest absolute Gasteiger partial charge is 0.387 e. The number of rotatable bonds is 4. The van der Waals surface area contributed by atoms with Crippen LogP contribution < -0.4 is 0 Å². The number of carbonyl (C=O) groups excluding carboxylic acids is 2. The molecule has 3 heterocycles. The zero-order valence-electron chi connectivity index (χ0n) is 18.5. The number of ether oxygens (including phenoxy) is 2. The van der Waals surface area contributed by atoms with Crippen molar-refractivity contribution in [3.05, 3.63) is 76.8 Å². The van der Waals surface area contributed by atoms with Gasteiger partial charge in [0, 0.05) is 36.3 Å². The molecule has 0 spiro atoms. The van der Waals surface area contributed by atoms with Gasteiger partial charge in [-0.3, -0.25) is 4.90 Å². The number of piperidine rings is 1. The Hall–Kier alpha value is -2.76. The molecule has 184 valence electrons. The Morgan fingerprint density at radius 3 is 2.20 bits per heavy atom. The molecule has 0 aromatic heterocycles. The highest BCUT2D eigenvalue weighted by Gasteiger charge is 2.48. The molecular weight excluding hydrogens is 496 g/mol. The van der Waals surface area contributed by atoms with Gasteiger partial charge in [-0.15, -0.1) is 0 Å². The van der Waals surface area contributed by atoms with Gasteiger partial charge in [0.1, 0.15) is 6.54 Å². The minimum atomic E-state index is -3.74. The monoisotopic (exact) mass is 518 g/mol. The van der Waals surface area contributed by atoms with Crippen LogP contribution in [0.5, 0.6) is 0 Å². The van der Waals surface area contributed by atoms with Crippen molar-refractivity contribution in [3.63, 3.8) is 0 Å². The van der Waals surface area contributed by atoms with Crippen LogP contribution in [-0.4, -0.2) is 66.3 Å². The first-order valence-electron chi connectivity index (χ1n) is 11.1. The topological polar surface area (TPSA) is 113 Å². The maximum absolute atomic E-state index is 13.6. The third-order valence-electron chi connectivity index (χ3n) is 6.43. The lowest BCUT2D eigenvalue weighted by Crippen LogP contribution is -2.53. The Balaban J connectivity index is 1.37. The van der Waals surface area contributed by atoms with Gasteiger partial charge < -0.3 is 14.6 Å². The molecular formula is C24H23ClN2O7S. The summed E-state index contributed by atoms with van der Waals surface area (Å²) in [5.74, 6) is -4.19. The van der Waals surface area contributed by atoms with E-state index < -0.39 is 34.0 Å². The molecule has 2 aromatic rings. The number of halogens is 1. The average Bonchev–Trinajstić information content (AvgIpc) is 2.96. The van der Waals surface area contributed by atoms with Crippen molar-refractivity contribution >= 4 is 33.6 Å². The van der Waals surface area contributed by atoms with Crippen LogP contribution in [0.3, 0.4) is 0 Å². The molecule has 1 fully saturated rings. The lowest BCUT2D eigenvalue weighted by atomic mass is 9.95. The SMILES string of the molecule is O=C1C=CC(=O)OC(O)(CN2CCC(N3C(c4ccc(Cl)cc4)c4ccccc4S3(=O)=O)CC2)O1. The highest BCUT2D eigenvalue weighted by atomic mass is 35.5. The molecule has 5 rings (SSSR count). The molecule has 3 aliphatic rings. The Bertz CT molecular complexity index is 1270. The molecule has 1 saturated heterocycles. The van der Waals surface area contributed by atoms with Crippen LogP contribution in [-0.2, 0) is 29.1 Å². The van der Waals surface area contributed by atoms with Gasteiger partial charge in [0.2, 0.25) is 10.0 Å². The normalized spacial score (nSPS) is 24.5.